The van der Waals surface area contributed by atoms with Crippen LogP contribution in [-0.4, -0.2) is 44.4 Å². The van der Waals surface area contributed by atoms with E-state index < -0.39 is 6.10 Å². The number of aromatic nitrogens is 1. The molecule has 0 saturated carbocycles. The molecule has 0 bridgehead atoms. The molecule has 3 aromatic carbocycles. The number of aromatic amines is 1. The molecule has 0 radical (unpaired) electrons. The Morgan fingerprint density at radius 3 is 2.62 bits per heavy atom. The van der Waals surface area contributed by atoms with E-state index in [9.17, 15) is 4.79 Å². The fourth-order valence-corrected chi connectivity index (χ4v) is 4.42. The average molecular weight is 459 g/mol. The number of para-hydroxylation sites is 4. The van der Waals surface area contributed by atoms with E-state index >= 15 is 0 Å². The molecule has 4 aromatic rings. The van der Waals surface area contributed by atoms with Crippen molar-refractivity contribution in [3.05, 3.63) is 84.1 Å². The highest BCUT2D eigenvalue weighted by Gasteiger charge is 2.29. The monoisotopic (exact) mass is 458 g/mol. The van der Waals surface area contributed by atoms with Crippen molar-refractivity contribution >= 4 is 16.8 Å². The van der Waals surface area contributed by atoms with Crippen molar-refractivity contribution in [1.82, 2.24) is 10.3 Å². The van der Waals surface area contributed by atoms with Gasteiger partial charge in [0.15, 0.2) is 23.0 Å². The van der Waals surface area contributed by atoms with Gasteiger partial charge in [0, 0.05) is 35.1 Å². The Bertz CT molecular complexity index is 1320. The smallest absolute Gasteiger partial charge is 0.264 e. The molecule has 7 nitrogen and oxygen atoms in total. The van der Waals surface area contributed by atoms with Crippen molar-refractivity contribution in [3.63, 3.8) is 0 Å². The Morgan fingerprint density at radius 2 is 1.79 bits per heavy atom. The summed E-state index contributed by atoms with van der Waals surface area (Å²) in [6.07, 6.45) is 1.25. The van der Waals surface area contributed by atoms with Crippen LogP contribution in [0.4, 0.5) is 0 Å². The molecule has 2 atom stereocenters. The van der Waals surface area contributed by atoms with Crippen LogP contribution in [0.5, 0.6) is 23.0 Å². The summed E-state index contributed by atoms with van der Waals surface area (Å²) in [6, 6.07) is 21.2. The average Bonchev–Trinajstić information content (AvgIpc) is 3.32. The minimum absolute atomic E-state index is 0.156. The van der Waals surface area contributed by atoms with Crippen molar-refractivity contribution in [1.29, 1.82) is 0 Å². The minimum atomic E-state index is -0.731. The summed E-state index contributed by atoms with van der Waals surface area (Å²) >= 11 is 0. The molecule has 0 spiro atoms. The summed E-state index contributed by atoms with van der Waals surface area (Å²) in [5, 5.41) is 4.15. The van der Waals surface area contributed by atoms with Crippen LogP contribution < -0.4 is 24.3 Å². The van der Waals surface area contributed by atoms with E-state index in [4.69, 9.17) is 18.9 Å². The molecule has 34 heavy (non-hydrogen) atoms. The number of carbonyl (C=O) groups is 1. The molecule has 0 aliphatic carbocycles. The Balaban J connectivity index is 1.45. The lowest BCUT2D eigenvalue weighted by atomic mass is 9.89. The van der Waals surface area contributed by atoms with Crippen LogP contribution in [0.3, 0.4) is 0 Å². The summed E-state index contributed by atoms with van der Waals surface area (Å²) in [5.74, 6) is 2.06. The molecular weight excluding hydrogens is 432 g/mol. The standard InChI is InChI=1S/C27H26N2O5/c1-31-24-13-7-9-18(26(24)32-2)20(19-14-28-21-10-4-3-8-17(19)21)15-29-27(30)25-16-33-22-11-5-6-12-23(22)34-25/h3-14,20,25,28H,15-16H2,1-2H3,(H,29,30)/t20-,25-/m0/s1. The first kappa shape index (κ1) is 21.7. The fraction of sp³-hybridized carbons (Fsp3) is 0.222. The van der Waals surface area contributed by atoms with Gasteiger partial charge in [0.05, 0.1) is 14.2 Å². The van der Waals surface area contributed by atoms with Crippen LogP contribution in [0.25, 0.3) is 10.9 Å². The molecule has 1 amide bonds. The number of nitrogens with one attached hydrogen (secondary N) is 2. The van der Waals surface area contributed by atoms with E-state index in [2.05, 4.69) is 16.4 Å². The van der Waals surface area contributed by atoms with Gasteiger partial charge in [-0.1, -0.05) is 42.5 Å². The van der Waals surface area contributed by atoms with Crippen molar-refractivity contribution in [2.75, 3.05) is 27.4 Å². The molecule has 2 heterocycles. The van der Waals surface area contributed by atoms with Crippen LogP contribution in [-0.2, 0) is 4.79 Å². The van der Waals surface area contributed by atoms with Crippen molar-refractivity contribution in [2.24, 2.45) is 0 Å². The van der Waals surface area contributed by atoms with Gasteiger partial charge in [-0.15, -0.1) is 0 Å². The number of hydrogen-bond acceptors (Lipinski definition) is 5. The molecule has 1 aromatic heterocycles. The maximum absolute atomic E-state index is 13.1. The highest BCUT2D eigenvalue weighted by atomic mass is 16.6. The predicted molar refractivity (Wildman–Crippen MR) is 129 cm³/mol. The van der Waals surface area contributed by atoms with Gasteiger partial charge in [-0.05, 0) is 29.8 Å². The molecule has 2 N–H and O–H groups in total. The van der Waals surface area contributed by atoms with E-state index in [1.165, 1.54) is 0 Å². The lowest BCUT2D eigenvalue weighted by Crippen LogP contribution is -2.45. The van der Waals surface area contributed by atoms with Crippen LogP contribution in [0.1, 0.15) is 17.0 Å². The minimum Gasteiger partial charge on any atom is -0.493 e. The number of fused-ring (bicyclic) bond motifs is 2. The van der Waals surface area contributed by atoms with E-state index in [0.29, 0.717) is 29.5 Å². The summed E-state index contributed by atoms with van der Waals surface area (Å²) in [6.45, 7) is 0.495. The third-order valence-corrected chi connectivity index (χ3v) is 6.09. The fourth-order valence-electron chi connectivity index (χ4n) is 4.42. The number of rotatable bonds is 7. The number of benzene rings is 3. The van der Waals surface area contributed by atoms with Crippen LogP contribution >= 0.6 is 0 Å². The first-order valence-corrected chi connectivity index (χ1v) is 11.1. The van der Waals surface area contributed by atoms with Gasteiger partial charge >= 0.3 is 0 Å². The van der Waals surface area contributed by atoms with Crippen molar-refractivity contribution < 1.29 is 23.7 Å². The normalized spacial score (nSPS) is 15.5. The number of ether oxygens (including phenoxy) is 4. The zero-order chi connectivity index (χ0) is 23.5. The Hall–Kier alpha value is -4.13. The Kier molecular flexibility index (Phi) is 5.99. The molecule has 1 aliphatic rings. The number of methoxy groups -OCH3 is 2. The summed E-state index contributed by atoms with van der Waals surface area (Å²) in [5.41, 5.74) is 2.99. The Labute approximate surface area is 197 Å². The van der Waals surface area contributed by atoms with Gasteiger partial charge in [0.2, 0.25) is 6.10 Å². The van der Waals surface area contributed by atoms with E-state index in [1.54, 1.807) is 20.3 Å². The first-order valence-electron chi connectivity index (χ1n) is 11.1. The summed E-state index contributed by atoms with van der Waals surface area (Å²) in [7, 11) is 3.24. The molecule has 0 saturated heterocycles. The zero-order valence-electron chi connectivity index (χ0n) is 19.0. The van der Waals surface area contributed by atoms with Gasteiger partial charge in [0.25, 0.3) is 5.91 Å². The Morgan fingerprint density at radius 1 is 1.00 bits per heavy atom. The lowest BCUT2D eigenvalue weighted by Gasteiger charge is -2.27. The SMILES string of the molecule is COc1cccc([C@H](CNC(=O)[C@@H]2COc3ccccc3O2)c2c[nH]c3ccccc23)c1OC. The van der Waals surface area contributed by atoms with Gasteiger partial charge < -0.3 is 29.2 Å². The van der Waals surface area contributed by atoms with Gasteiger partial charge in [-0.3, -0.25) is 4.79 Å². The second-order valence-electron chi connectivity index (χ2n) is 8.03. The number of amides is 1. The molecule has 1 aliphatic heterocycles. The molecule has 5 rings (SSSR count). The van der Waals surface area contributed by atoms with Crippen LogP contribution in [0.15, 0.2) is 72.9 Å². The quantitative estimate of drug-likeness (QED) is 0.432. The first-order chi connectivity index (χ1) is 16.7. The highest BCUT2D eigenvalue weighted by molar-refractivity contribution is 5.85. The van der Waals surface area contributed by atoms with Crippen molar-refractivity contribution in [2.45, 2.75) is 12.0 Å². The summed E-state index contributed by atoms with van der Waals surface area (Å²) < 4.78 is 22.9. The van der Waals surface area contributed by atoms with Crippen molar-refractivity contribution in [3.8, 4) is 23.0 Å². The highest BCUT2D eigenvalue weighted by Crippen LogP contribution is 2.40. The maximum Gasteiger partial charge on any atom is 0.264 e. The number of carbonyl (C=O) groups excluding carboxylic acids is 1. The molecule has 0 fully saturated rings. The second-order valence-corrected chi connectivity index (χ2v) is 8.03. The summed E-state index contributed by atoms with van der Waals surface area (Å²) in [4.78, 5) is 16.4. The maximum atomic E-state index is 13.1. The molecule has 174 valence electrons. The van der Waals surface area contributed by atoms with Crippen LogP contribution in [0.2, 0.25) is 0 Å². The van der Waals surface area contributed by atoms with E-state index in [-0.39, 0.29) is 18.4 Å². The molecule has 0 unspecified atom stereocenters. The lowest BCUT2D eigenvalue weighted by molar-refractivity contribution is -0.130. The van der Waals surface area contributed by atoms with Gasteiger partial charge in [-0.2, -0.15) is 0 Å². The van der Waals surface area contributed by atoms with Gasteiger partial charge in [-0.25, -0.2) is 0 Å². The molecule has 7 heteroatoms. The zero-order valence-corrected chi connectivity index (χ0v) is 19.0. The van der Waals surface area contributed by atoms with E-state index in [0.717, 1.165) is 22.0 Å². The third-order valence-electron chi connectivity index (χ3n) is 6.09. The van der Waals surface area contributed by atoms with Gasteiger partial charge in [0.1, 0.15) is 6.61 Å². The largest absolute Gasteiger partial charge is 0.493 e. The second kappa shape index (κ2) is 9.39. The third kappa shape index (κ3) is 4.01. The number of hydrogen-bond donors (Lipinski definition) is 2. The number of H-pyrrole nitrogens is 1. The van der Waals surface area contributed by atoms with E-state index in [1.807, 2.05) is 60.8 Å². The molecular formula is C27H26N2O5. The predicted octanol–water partition coefficient (Wildman–Crippen LogP) is 4.27. The topological polar surface area (TPSA) is 81.8 Å². The van der Waals surface area contributed by atoms with Crippen LogP contribution in [0, 0.1) is 0 Å².